The van der Waals surface area contributed by atoms with Gasteiger partial charge < -0.3 is 31.1 Å². The minimum Gasteiger partial charge on any atom is -0.477 e. The number of carboxylic acid groups (broad SMARTS) is 1. The summed E-state index contributed by atoms with van der Waals surface area (Å²) in [6, 6.07) is 12.1. The predicted molar refractivity (Wildman–Crippen MR) is 188 cm³/mol. The number of alkyl halides is 4. The lowest BCUT2D eigenvalue weighted by Gasteiger charge is -2.28. The Morgan fingerprint density at radius 3 is 2.17 bits per heavy atom. The SMILES string of the molecule is NCC1CCC(C(=O)NC(Cc2ccc(-c3cnc(N4CCOCC4)nc3)cc2)C(=O)Nc2ccc(-c3n[nH]c(C(F)(F)C(F)(F)C(=O)O)n3)cc2)CC1. The largest absolute Gasteiger partial charge is 0.477 e. The molecule has 6 rings (SSSR count). The second kappa shape index (κ2) is 16.3. The molecule has 0 radical (unpaired) electrons. The topological polar surface area (TPSA) is 201 Å². The van der Waals surface area contributed by atoms with Gasteiger partial charge in [0.05, 0.1) is 13.2 Å². The van der Waals surface area contributed by atoms with E-state index in [2.05, 4.69) is 35.6 Å². The number of halogens is 4. The summed E-state index contributed by atoms with van der Waals surface area (Å²) in [6.07, 6.45) is 6.63. The number of H-pyrrole nitrogens is 1. The summed E-state index contributed by atoms with van der Waals surface area (Å²) in [7, 11) is 0. The number of hydrogen-bond acceptors (Lipinski definition) is 10. The van der Waals surface area contributed by atoms with Gasteiger partial charge in [0.15, 0.2) is 5.82 Å². The molecule has 6 N–H and O–H groups in total. The lowest BCUT2D eigenvalue weighted by molar-refractivity contribution is -0.231. The molecule has 1 saturated heterocycles. The number of aliphatic carboxylic acids is 1. The number of nitrogens with one attached hydrogen (secondary N) is 3. The van der Waals surface area contributed by atoms with Crippen molar-refractivity contribution in [3.8, 4) is 22.5 Å². The van der Waals surface area contributed by atoms with Crippen molar-refractivity contribution in [2.24, 2.45) is 17.6 Å². The first kappa shape index (κ1) is 38.2. The Labute approximate surface area is 306 Å². The van der Waals surface area contributed by atoms with E-state index in [0.717, 1.165) is 42.6 Å². The van der Waals surface area contributed by atoms with Crippen molar-refractivity contribution in [1.82, 2.24) is 30.5 Å². The number of aromatic nitrogens is 5. The summed E-state index contributed by atoms with van der Waals surface area (Å²) >= 11 is 0. The number of carbonyl (C=O) groups is 3. The summed E-state index contributed by atoms with van der Waals surface area (Å²) < 4.78 is 61.1. The number of ether oxygens (including phenoxy) is 1. The minimum atomic E-state index is -5.43. The van der Waals surface area contributed by atoms with Crippen LogP contribution >= 0.6 is 0 Å². The Morgan fingerprint density at radius 1 is 0.926 bits per heavy atom. The fourth-order valence-corrected chi connectivity index (χ4v) is 6.37. The molecule has 1 atom stereocenters. The van der Waals surface area contributed by atoms with Crippen LogP contribution in [-0.2, 0) is 31.5 Å². The number of amides is 2. The van der Waals surface area contributed by atoms with E-state index < -0.39 is 41.4 Å². The zero-order chi connectivity index (χ0) is 38.5. The highest BCUT2D eigenvalue weighted by Gasteiger charge is 2.65. The van der Waals surface area contributed by atoms with E-state index in [1.165, 1.54) is 24.3 Å². The number of aromatic amines is 1. The van der Waals surface area contributed by atoms with Crippen LogP contribution in [0.2, 0.25) is 0 Å². The number of morpholine rings is 1. The number of hydrogen-bond donors (Lipinski definition) is 5. The zero-order valence-corrected chi connectivity index (χ0v) is 29.0. The molecule has 2 aromatic heterocycles. The molecule has 4 aromatic rings. The highest BCUT2D eigenvalue weighted by atomic mass is 19.3. The van der Waals surface area contributed by atoms with Crippen molar-refractivity contribution in [3.05, 3.63) is 72.3 Å². The molecule has 3 heterocycles. The molecule has 0 bridgehead atoms. The van der Waals surface area contributed by atoms with Gasteiger partial charge in [0.1, 0.15) is 6.04 Å². The number of anilines is 2. The first-order valence-electron chi connectivity index (χ1n) is 17.4. The first-order valence-corrected chi connectivity index (χ1v) is 17.4. The van der Waals surface area contributed by atoms with Crippen molar-refractivity contribution >= 4 is 29.4 Å². The lowest BCUT2D eigenvalue weighted by Crippen LogP contribution is -2.48. The van der Waals surface area contributed by atoms with E-state index in [1.807, 2.05) is 24.3 Å². The number of nitrogens with zero attached hydrogens (tertiary/aromatic N) is 5. The van der Waals surface area contributed by atoms with Crippen LogP contribution < -0.4 is 21.3 Å². The third kappa shape index (κ3) is 8.49. The molecule has 1 aliphatic carbocycles. The van der Waals surface area contributed by atoms with Gasteiger partial charge >= 0.3 is 17.8 Å². The van der Waals surface area contributed by atoms with E-state index in [1.54, 1.807) is 17.5 Å². The van der Waals surface area contributed by atoms with Gasteiger partial charge in [0.25, 0.3) is 0 Å². The number of carbonyl (C=O) groups excluding carboxylic acids is 2. The molecule has 2 fully saturated rings. The molecule has 0 spiro atoms. The Bertz CT molecular complexity index is 1910. The third-order valence-electron chi connectivity index (χ3n) is 9.70. The number of rotatable bonds is 13. The van der Waals surface area contributed by atoms with E-state index in [9.17, 15) is 31.9 Å². The number of carboxylic acids is 1. The molecule has 18 heteroatoms. The van der Waals surface area contributed by atoms with Crippen molar-refractivity contribution in [3.63, 3.8) is 0 Å². The van der Waals surface area contributed by atoms with Crippen molar-refractivity contribution < 1.29 is 41.8 Å². The summed E-state index contributed by atoms with van der Waals surface area (Å²) in [5.74, 6) is -15.7. The van der Waals surface area contributed by atoms with Crippen LogP contribution in [0.4, 0.5) is 29.2 Å². The van der Waals surface area contributed by atoms with Crippen LogP contribution in [0.3, 0.4) is 0 Å². The summed E-state index contributed by atoms with van der Waals surface area (Å²) in [6.45, 7) is 3.24. The maximum absolute atomic E-state index is 14.2. The molecule has 14 nitrogen and oxygen atoms in total. The molecule has 1 aliphatic heterocycles. The van der Waals surface area contributed by atoms with Crippen LogP contribution in [0.25, 0.3) is 22.5 Å². The smallest absolute Gasteiger partial charge is 0.411 e. The zero-order valence-electron chi connectivity index (χ0n) is 29.0. The van der Waals surface area contributed by atoms with E-state index in [0.29, 0.717) is 44.5 Å². The second-order valence-corrected chi connectivity index (χ2v) is 13.3. The van der Waals surface area contributed by atoms with Crippen LogP contribution in [0, 0.1) is 11.8 Å². The average Bonchev–Trinajstić information content (AvgIpc) is 3.70. The van der Waals surface area contributed by atoms with Crippen LogP contribution in [0.15, 0.2) is 60.9 Å². The van der Waals surface area contributed by atoms with Gasteiger partial charge in [-0.3, -0.25) is 14.7 Å². The molecular formula is C36H39F4N9O5. The Kier molecular flexibility index (Phi) is 11.5. The van der Waals surface area contributed by atoms with Crippen LogP contribution in [0.1, 0.15) is 37.1 Å². The van der Waals surface area contributed by atoms with Gasteiger partial charge in [0, 0.05) is 54.6 Å². The maximum atomic E-state index is 14.2. The van der Waals surface area contributed by atoms with E-state index in [4.69, 9.17) is 15.6 Å². The van der Waals surface area contributed by atoms with Gasteiger partial charge in [-0.1, -0.05) is 24.3 Å². The molecule has 1 saturated carbocycles. The normalized spacial score (nSPS) is 18.5. The van der Waals surface area contributed by atoms with Crippen molar-refractivity contribution in [2.75, 3.05) is 43.1 Å². The Balaban J connectivity index is 1.14. The second-order valence-electron chi connectivity index (χ2n) is 13.3. The standard InChI is InChI=1S/C36H39F4N9O5/c37-35(38,36(39,40)33(52)53)32-46-29(47-48-32)24-9-11-27(12-10-24)44-31(51)28(45-30(50)25-7-3-22(18-41)4-8-25)17-21-1-5-23(6-2-21)26-19-42-34(43-20-26)49-13-15-54-16-14-49/h1-2,5-6,9-12,19-20,22,25,28H,3-4,7-8,13-18,41H2,(H,44,51)(H,45,50)(H,52,53)(H,46,47,48). The highest BCUT2D eigenvalue weighted by Crippen LogP contribution is 2.42. The van der Waals surface area contributed by atoms with E-state index in [-0.39, 0.29) is 29.5 Å². The molecule has 286 valence electrons. The summed E-state index contributed by atoms with van der Waals surface area (Å²) in [5.41, 5.74) is 8.67. The molecule has 2 aliphatic rings. The monoisotopic (exact) mass is 753 g/mol. The average molecular weight is 754 g/mol. The Hall–Kier alpha value is -5.49. The Morgan fingerprint density at radius 2 is 1.56 bits per heavy atom. The molecular weight excluding hydrogens is 714 g/mol. The minimum absolute atomic E-state index is 0.115. The number of benzene rings is 2. The predicted octanol–water partition coefficient (Wildman–Crippen LogP) is 4.01. The highest BCUT2D eigenvalue weighted by molar-refractivity contribution is 5.97. The molecule has 2 aromatic carbocycles. The maximum Gasteiger partial charge on any atom is 0.411 e. The lowest BCUT2D eigenvalue weighted by atomic mass is 9.81. The molecule has 2 amide bonds. The van der Waals surface area contributed by atoms with E-state index >= 15 is 0 Å². The first-order chi connectivity index (χ1) is 25.8. The summed E-state index contributed by atoms with van der Waals surface area (Å²) in [4.78, 5) is 52.3. The van der Waals surface area contributed by atoms with Gasteiger partial charge in [0.2, 0.25) is 23.6 Å². The van der Waals surface area contributed by atoms with Gasteiger partial charge in [-0.15, -0.1) is 0 Å². The fourth-order valence-electron chi connectivity index (χ4n) is 6.37. The van der Waals surface area contributed by atoms with Gasteiger partial charge in [-0.05, 0) is 73.5 Å². The molecule has 54 heavy (non-hydrogen) atoms. The fraction of sp³-hybridized carbons (Fsp3) is 0.417. The van der Waals surface area contributed by atoms with Crippen LogP contribution in [0.5, 0.6) is 0 Å². The van der Waals surface area contributed by atoms with Crippen LogP contribution in [-0.4, -0.2) is 92.9 Å². The van der Waals surface area contributed by atoms with Gasteiger partial charge in [-0.2, -0.15) is 22.7 Å². The van der Waals surface area contributed by atoms with Gasteiger partial charge in [-0.25, -0.2) is 19.7 Å². The van der Waals surface area contributed by atoms with Crippen molar-refractivity contribution in [2.45, 2.75) is 50.0 Å². The molecule has 1 unspecified atom stereocenters. The third-order valence-corrected chi connectivity index (χ3v) is 9.70. The number of nitrogens with two attached hydrogens (primary N) is 1. The quantitative estimate of drug-likeness (QED) is 0.124. The summed E-state index contributed by atoms with van der Waals surface area (Å²) in [5, 5.41) is 19.5. The van der Waals surface area contributed by atoms with Crippen molar-refractivity contribution in [1.29, 1.82) is 0 Å².